The van der Waals surface area contributed by atoms with E-state index < -0.39 is 17.3 Å². The fraction of sp³-hybridized carbons (Fsp3) is 0.0714. The maximum Gasteiger partial charge on any atom is 0.342 e. The smallest absolute Gasteiger partial charge is 0.342 e. The van der Waals surface area contributed by atoms with Gasteiger partial charge in [-0.15, -0.1) is 11.8 Å². The lowest BCUT2D eigenvalue weighted by atomic mass is 10.2. The number of hydrogen-bond acceptors (Lipinski definition) is 3. The molecule has 98 valence electrons. The van der Waals surface area contributed by atoms with Crippen LogP contribution in [0.4, 0.5) is 4.39 Å². The van der Waals surface area contributed by atoms with Crippen molar-refractivity contribution in [1.29, 1.82) is 0 Å². The molecular weight excluding hydrogens is 267 g/mol. The van der Waals surface area contributed by atoms with Crippen molar-refractivity contribution in [1.82, 2.24) is 0 Å². The number of rotatable bonds is 4. The number of carboxylic acid groups (broad SMARTS) is 1. The fourth-order valence-electron chi connectivity index (χ4n) is 1.57. The van der Waals surface area contributed by atoms with E-state index in [1.807, 2.05) is 18.4 Å². The number of ether oxygens (including phenoxy) is 1. The summed E-state index contributed by atoms with van der Waals surface area (Å²) in [6.45, 7) is 0. The monoisotopic (exact) mass is 278 g/mol. The lowest BCUT2D eigenvalue weighted by molar-refractivity contribution is 0.0689. The van der Waals surface area contributed by atoms with Crippen LogP contribution in [-0.2, 0) is 0 Å². The summed E-state index contributed by atoms with van der Waals surface area (Å²) in [5.74, 6) is -1.71. The zero-order valence-corrected chi connectivity index (χ0v) is 10.9. The molecule has 19 heavy (non-hydrogen) atoms. The molecule has 0 fully saturated rings. The highest BCUT2D eigenvalue weighted by Crippen LogP contribution is 2.28. The van der Waals surface area contributed by atoms with Crippen LogP contribution in [0.5, 0.6) is 11.5 Å². The predicted molar refractivity (Wildman–Crippen MR) is 71.7 cm³/mol. The molecule has 0 saturated heterocycles. The van der Waals surface area contributed by atoms with E-state index in [4.69, 9.17) is 9.84 Å². The third-order valence-corrected chi connectivity index (χ3v) is 3.22. The van der Waals surface area contributed by atoms with Gasteiger partial charge in [0.2, 0.25) is 0 Å². The first-order valence-electron chi connectivity index (χ1n) is 5.45. The molecule has 0 spiro atoms. The van der Waals surface area contributed by atoms with Crippen LogP contribution in [0.1, 0.15) is 10.4 Å². The zero-order chi connectivity index (χ0) is 13.8. The Labute approximate surface area is 114 Å². The number of benzene rings is 2. The Balaban J connectivity index is 2.32. The molecular formula is C14H11FO3S. The molecule has 0 aliphatic carbocycles. The second-order valence-electron chi connectivity index (χ2n) is 3.70. The molecule has 2 aromatic carbocycles. The van der Waals surface area contributed by atoms with Crippen molar-refractivity contribution in [2.75, 3.05) is 6.26 Å². The van der Waals surface area contributed by atoms with E-state index in [9.17, 15) is 9.18 Å². The van der Waals surface area contributed by atoms with Gasteiger partial charge in [-0.3, -0.25) is 0 Å². The molecule has 0 aliphatic rings. The van der Waals surface area contributed by atoms with Crippen LogP contribution in [0, 0.1) is 5.82 Å². The molecule has 0 heterocycles. The molecule has 3 nitrogen and oxygen atoms in total. The number of carbonyl (C=O) groups is 1. The Hall–Kier alpha value is -2.01. The Bertz CT molecular complexity index is 596. The van der Waals surface area contributed by atoms with Gasteiger partial charge < -0.3 is 9.84 Å². The van der Waals surface area contributed by atoms with Gasteiger partial charge in [0.05, 0.1) is 0 Å². The van der Waals surface area contributed by atoms with Crippen LogP contribution >= 0.6 is 11.8 Å². The maximum absolute atomic E-state index is 13.5. The summed E-state index contributed by atoms with van der Waals surface area (Å²) in [5, 5.41) is 8.98. The van der Waals surface area contributed by atoms with Crippen molar-refractivity contribution >= 4 is 17.7 Å². The van der Waals surface area contributed by atoms with Crippen molar-refractivity contribution in [2.24, 2.45) is 0 Å². The van der Waals surface area contributed by atoms with Crippen molar-refractivity contribution < 1.29 is 19.0 Å². The number of halogens is 1. The number of aromatic carboxylic acids is 1. The maximum atomic E-state index is 13.5. The quantitative estimate of drug-likeness (QED) is 0.857. The second-order valence-corrected chi connectivity index (χ2v) is 4.58. The SMILES string of the molecule is CSc1ccc(Oc2cccc(F)c2C(=O)O)cc1. The standard InChI is InChI=1S/C14H11FO3S/c1-19-10-7-5-9(6-8-10)18-12-4-2-3-11(15)13(12)14(16)17/h2-8H,1H3,(H,16,17). The molecule has 0 unspecified atom stereocenters. The van der Waals surface area contributed by atoms with Crippen LogP contribution < -0.4 is 4.74 Å². The van der Waals surface area contributed by atoms with E-state index >= 15 is 0 Å². The molecule has 5 heteroatoms. The highest BCUT2D eigenvalue weighted by atomic mass is 32.2. The first-order chi connectivity index (χ1) is 9.11. The minimum atomic E-state index is -1.35. The van der Waals surface area contributed by atoms with Crippen LogP contribution in [0.25, 0.3) is 0 Å². The van der Waals surface area contributed by atoms with Crippen molar-refractivity contribution in [3.8, 4) is 11.5 Å². The summed E-state index contributed by atoms with van der Waals surface area (Å²) < 4.78 is 18.9. The molecule has 2 rings (SSSR count). The number of carboxylic acids is 1. The van der Waals surface area contributed by atoms with Crippen molar-refractivity contribution in [3.05, 3.63) is 53.8 Å². The Morgan fingerprint density at radius 1 is 1.21 bits per heavy atom. The first-order valence-corrected chi connectivity index (χ1v) is 6.68. The van der Waals surface area contributed by atoms with Gasteiger partial charge in [-0.25, -0.2) is 9.18 Å². The van der Waals surface area contributed by atoms with Gasteiger partial charge in [-0.05, 0) is 42.7 Å². The van der Waals surface area contributed by atoms with Crippen LogP contribution in [0.3, 0.4) is 0 Å². The van der Waals surface area contributed by atoms with Gasteiger partial charge in [-0.1, -0.05) is 6.07 Å². The summed E-state index contributed by atoms with van der Waals surface area (Å²) in [7, 11) is 0. The third kappa shape index (κ3) is 3.06. The minimum absolute atomic E-state index is 0.00981. The van der Waals surface area contributed by atoms with Crippen molar-refractivity contribution in [3.63, 3.8) is 0 Å². The molecule has 0 aliphatic heterocycles. The molecule has 2 aromatic rings. The van der Waals surface area contributed by atoms with E-state index in [0.29, 0.717) is 5.75 Å². The Morgan fingerprint density at radius 2 is 1.89 bits per heavy atom. The highest BCUT2D eigenvalue weighted by Gasteiger charge is 2.17. The van der Waals surface area contributed by atoms with Gasteiger partial charge in [-0.2, -0.15) is 0 Å². The molecule has 1 N–H and O–H groups in total. The van der Waals surface area contributed by atoms with Gasteiger partial charge in [0.25, 0.3) is 0 Å². The summed E-state index contributed by atoms with van der Waals surface area (Å²) in [5.41, 5.74) is -0.462. The van der Waals surface area contributed by atoms with E-state index in [1.54, 1.807) is 23.9 Å². The lowest BCUT2D eigenvalue weighted by Crippen LogP contribution is -2.03. The van der Waals surface area contributed by atoms with Gasteiger partial charge in [0.15, 0.2) is 0 Å². The van der Waals surface area contributed by atoms with Crippen LogP contribution in [0.15, 0.2) is 47.4 Å². The summed E-state index contributed by atoms with van der Waals surface area (Å²) in [6.07, 6.45) is 1.95. The third-order valence-electron chi connectivity index (χ3n) is 2.48. The van der Waals surface area contributed by atoms with E-state index in [2.05, 4.69) is 0 Å². The average Bonchev–Trinajstić information content (AvgIpc) is 2.39. The van der Waals surface area contributed by atoms with E-state index in [-0.39, 0.29) is 5.75 Å². The van der Waals surface area contributed by atoms with Gasteiger partial charge in [0, 0.05) is 4.90 Å². The molecule has 0 amide bonds. The molecule has 0 aromatic heterocycles. The van der Waals surface area contributed by atoms with Gasteiger partial charge >= 0.3 is 5.97 Å². The van der Waals surface area contributed by atoms with Crippen molar-refractivity contribution in [2.45, 2.75) is 4.90 Å². The molecule has 0 saturated carbocycles. The molecule has 0 radical (unpaired) electrons. The van der Waals surface area contributed by atoms with Gasteiger partial charge in [0.1, 0.15) is 22.9 Å². The largest absolute Gasteiger partial charge is 0.477 e. The summed E-state index contributed by atoms with van der Waals surface area (Å²) in [4.78, 5) is 12.1. The minimum Gasteiger partial charge on any atom is -0.477 e. The summed E-state index contributed by atoms with van der Waals surface area (Å²) in [6, 6.07) is 11.0. The van der Waals surface area contributed by atoms with Crippen LogP contribution in [0.2, 0.25) is 0 Å². The normalized spacial score (nSPS) is 10.2. The fourth-order valence-corrected chi connectivity index (χ4v) is 1.98. The number of thioether (sulfide) groups is 1. The topological polar surface area (TPSA) is 46.5 Å². The average molecular weight is 278 g/mol. The predicted octanol–water partition coefficient (Wildman–Crippen LogP) is 4.04. The molecule has 0 atom stereocenters. The Morgan fingerprint density at radius 3 is 2.47 bits per heavy atom. The van der Waals surface area contributed by atoms with Crippen LogP contribution in [-0.4, -0.2) is 17.3 Å². The van der Waals surface area contributed by atoms with E-state index in [0.717, 1.165) is 11.0 Å². The number of hydrogen-bond donors (Lipinski definition) is 1. The first kappa shape index (κ1) is 13.4. The molecule has 0 bridgehead atoms. The second kappa shape index (κ2) is 5.75. The van der Waals surface area contributed by atoms with E-state index in [1.165, 1.54) is 12.1 Å². The Kier molecular flexibility index (Phi) is 4.06. The highest BCUT2D eigenvalue weighted by molar-refractivity contribution is 7.98. The summed E-state index contributed by atoms with van der Waals surface area (Å²) >= 11 is 1.58. The zero-order valence-electron chi connectivity index (χ0n) is 10.1. The lowest BCUT2D eigenvalue weighted by Gasteiger charge is -2.09.